The van der Waals surface area contributed by atoms with Gasteiger partial charge >= 0.3 is 56.6 Å². The van der Waals surface area contributed by atoms with Gasteiger partial charge in [-0.2, -0.15) is 0 Å². The summed E-state index contributed by atoms with van der Waals surface area (Å²) in [6.07, 6.45) is 3.25. The monoisotopic (exact) mass is 652 g/mol. The zero-order valence-electron chi connectivity index (χ0n) is 26.3. The van der Waals surface area contributed by atoms with Gasteiger partial charge in [0.1, 0.15) is 0 Å². The van der Waals surface area contributed by atoms with Crippen molar-refractivity contribution >= 4 is 56.8 Å². The third-order valence-electron chi connectivity index (χ3n) is 5.77. The van der Waals surface area contributed by atoms with Crippen molar-refractivity contribution in [2.75, 3.05) is 0 Å². The quantitative estimate of drug-likeness (QED) is 0.0803. The van der Waals surface area contributed by atoms with Crippen molar-refractivity contribution in [3.05, 3.63) is 88.0 Å². The molecule has 0 unspecified atom stereocenters. The van der Waals surface area contributed by atoms with E-state index < -0.39 is 40.9 Å². The van der Waals surface area contributed by atoms with E-state index in [1.165, 1.54) is 49.3 Å². The van der Waals surface area contributed by atoms with Crippen LogP contribution in [0.3, 0.4) is 0 Å². The van der Waals surface area contributed by atoms with E-state index >= 15 is 0 Å². The van der Waals surface area contributed by atoms with Crippen LogP contribution in [0.15, 0.2) is 54.6 Å². The molecule has 9 nitrogen and oxygen atoms in total. The normalized spacial score (nSPS) is 9.70. The Balaban J connectivity index is -0.000000435. The van der Waals surface area contributed by atoms with Crippen molar-refractivity contribution in [2.24, 2.45) is 0 Å². The van der Waals surface area contributed by atoms with Crippen LogP contribution in [0.4, 0.5) is 0 Å². The predicted octanol–water partition coefficient (Wildman–Crippen LogP) is -3.62. The fourth-order valence-electron chi connectivity index (χ4n) is 3.74. The first kappa shape index (κ1) is 49.5. The van der Waals surface area contributed by atoms with Crippen molar-refractivity contribution in [3.8, 4) is 0 Å². The number of rotatable bonds is 6. The molecule has 3 N–H and O–H groups in total. The Bertz CT molecular complexity index is 1280. The van der Waals surface area contributed by atoms with Gasteiger partial charge in [0.2, 0.25) is 0 Å². The van der Waals surface area contributed by atoms with Gasteiger partial charge in [-0.1, -0.05) is 75.4 Å². The van der Waals surface area contributed by atoms with Gasteiger partial charge in [0.25, 0.3) is 0 Å². The fraction of sp³-hybridized carbons (Fsp3) is 0.333. The van der Waals surface area contributed by atoms with E-state index in [-0.39, 0.29) is 56.6 Å². The van der Waals surface area contributed by atoms with Crippen LogP contribution in [0.2, 0.25) is 0 Å². The predicted molar refractivity (Wildman–Crippen MR) is 162 cm³/mol. The van der Waals surface area contributed by atoms with E-state index in [0.29, 0.717) is 0 Å². The van der Waals surface area contributed by atoms with E-state index in [9.17, 15) is 0 Å². The van der Waals surface area contributed by atoms with Gasteiger partial charge in [-0.05, 0) is 97.2 Å². The van der Waals surface area contributed by atoms with E-state index in [0.717, 1.165) is 19.3 Å². The summed E-state index contributed by atoms with van der Waals surface area (Å²) < 4.78 is 72.2. The number of hydrogen-bond acceptors (Lipinski definition) is 9. The average Bonchev–Trinajstić information content (AvgIpc) is 2.86. The molecule has 0 fully saturated rings. The molecular weight excluding hydrogens is 616 g/mol. The molecule has 0 aliphatic heterocycles. The topological polar surface area (TPSA) is 163 Å². The summed E-state index contributed by atoms with van der Waals surface area (Å²) in [7, 11) is -9.16. The second-order valence-corrected chi connectivity index (χ2v) is 11.8. The molecule has 0 atom stereocenters. The first-order valence-electron chi connectivity index (χ1n) is 12.1. The zero-order valence-corrected chi connectivity index (χ0v) is 29.6. The molecule has 224 valence electrons. The summed E-state index contributed by atoms with van der Waals surface area (Å²) in [5, 5.41) is 4.55. The van der Waals surface area contributed by atoms with Crippen molar-refractivity contribution in [1.29, 1.82) is 0 Å². The van der Waals surface area contributed by atoms with Crippen LogP contribution < -0.4 is 72.5 Å². The molecule has 0 aromatic heterocycles. The molecule has 0 heterocycles. The molecule has 43 heavy (non-hydrogen) atoms. The van der Waals surface area contributed by atoms with E-state index in [2.05, 4.69) is 96.1 Å². The molecule has 0 aliphatic rings. The van der Waals surface area contributed by atoms with Crippen LogP contribution >= 0.6 is 7.92 Å². The molecule has 0 radical (unpaired) electrons. The maximum Gasteiger partial charge on any atom is 1.00 e. The van der Waals surface area contributed by atoms with Gasteiger partial charge < -0.3 is 38.9 Å². The van der Waals surface area contributed by atoms with Crippen molar-refractivity contribution in [2.45, 2.75) is 60.8 Å². The molecule has 0 saturated heterocycles. The van der Waals surface area contributed by atoms with Crippen LogP contribution in [-0.4, -0.2) is 13.7 Å². The molecule has 0 bridgehead atoms. The Labute approximate surface area is 298 Å². The summed E-state index contributed by atoms with van der Waals surface area (Å²) in [6, 6.07) is 21.2. The van der Waals surface area contributed by atoms with Crippen molar-refractivity contribution < 1.29 is 95.5 Å². The summed E-state index contributed by atoms with van der Waals surface area (Å²) in [4.78, 5) is 0. The molecular formula is C27H36Li3O9PS3. The Kier molecular flexibility index (Phi) is 30.8. The number of benzene rings is 3. The maximum absolute atomic E-state index is 8.56. The van der Waals surface area contributed by atoms with Gasteiger partial charge in [-0.15, -0.1) is 0 Å². The molecule has 0 amide bonds. The number of aryl methyl sites for hydroxylation is 6. The average molecular weight is 653 g/mol. The van der Waals surface area contributed by atoms with Crippen LogP contribution in [0.25, 0.3) is 0 Å². The molecule has 0 saturated carbocycles. The maximum atomic E-state index is 8.56. The number of hydrogen-bond donors (Lipinski definition) is 3. The Morgan fingerprint density at radius 2 is 0.674 bits per heavy atom. The Morgan fingerprint density at radius 1 is 0.488 bits per heavy atom. The Hall–Kier alpha value is -0.388. The van der Waals surface area contributed by atoms with Crippen molar-refractivity contribution in [1.82, 2.24) is 0 Å². The minimum Gasteiger partial charge on any atom is -0.439 e. The second-order valence-electron chi connectivity index (χ2n) is 8.41. The van der Waals surface area contributed by atoms with Gasteiger partial charge in [0.15, 0.2) is 0 Å². The second kappa shape index (κ2) is 26.8. The van der Waals surface area contributed by atoms with E-state index in [1.54, 1.807) is 0 Å². The van der Waals surface area contributed by atoms with Gasteiger partial charge in [-0.25, -0.2) is 0 Å². The molecule has 3 aromatic carbocycles. The smallest absolute Gasteiger partial charge is 0.439 e. The standard InChI is InChI=1S/C27H33P.3Li.3HO3S/c1-7-22-13-10-19(4)25(16-22)28(26-17-23(8-2)14-11-20(26)5)27-18-24(9-3)15-12-21(27)6;;;;3*1-4(2)3/h10-18H,7-9H2,1-6H3;;;;3*(H,1,2,3)/q;3*+1;3*-1. The molecule has 16 heteroatoms. The summed E-state index contributed by atoms with van der Waals surface area (Å²) in [5.74, 6) is 0. The van der Waals surface area contributed by atoms with Crippen LogP contribution in [0.5, 0.6) is 0 Å². The summed E-state index contributed by atoms with van der Waals surface area (Å²) >= 11 is 0. The van der Waals surface area contributed by atoms with E-state index in [1.807, 2.05) is 0 Å². The first-order chi connectivity index (χ1) is 18.7. The van der Waals surface area contributed by atoms with Gasteiger partial charge in [0.05, 0.1) is 0 Å². The van der Waals surface area contributed by atoms with Crippen LogP contribution in [-0.2, 0) is 77.5 Å². The zero-order chi connectivity index (χ0) is 31.0. The molecule has 3 aromatic rings. The summed E-state index contributed by atoms with van der Waals surface area (Å²) in [5.41, 5.74) is 8.52. The third-order valence-corrected chi connectivity index (χ3v) is 8.66. The first-order valence-corrected chi connectivity index (χ1v) is 16.6. The molecule has 0 spiro atoms. The van der Waals surface area contributed by atoms with Gasteiger partial charge in [0, 0.05) is 33.0 Å². The molecule has 3 rings (SSSR count). The minimum absolute atomic E-state index is 0. The van der Waals surface area contributed by atoms with Crippen LogP contribution in [0.1, 0.15) is 54.2 Å². The fourth-order valence-corrected chi connectivity index (χ4v) is 6.68. The SMILES string of the molecule is CCc1ccc(C)c(P(c2cc(CC)ccc2C)c2cc(CC)ccc2C)c1.O=[S-](=O)O.O=[S-](=O)O.O=[S-](=O)O.[Li+].[Li+].[Li+]. The largest absolute Gasteiger partial charge is 1.00 e. The van der Waals surface area contributed by atoms with Gasteiger partial charge in [-0.3, -0.25) is 0 Å². The van der Waals surface area contributed by atoms with E-state index in [4.69, 9.17) is 38.9 Å². The Morgan fingerprint density at radius 3 is 0.837 bits per heavy atom. The van der Waals surface area contributed by atoms with Crippen molar-refractivity contribution in [3.63, 3.8) is 0 Å². The minimum atomic E-state index is -2.86. The third kappa shape index (κ3) is 20.4. The summed E-state index contributed by atoms with van der Waals surface area (Å²) in [6.45, 7) is 13.6. The van der Waals surface area contributed by atoms with Crippen LogP contribution in [0, 0.1) is 20.8 Å². The molecule has 0 aliphatic carbocycles.